The highest BCUT2D eigenvalue weighted by Crippen LogP contribution is 2.16. The van der Waals surface area contributed by atoms with Crippen molar-refractivity contribution in [3.05, 3.63) is 0 Å². The summed E-state index contributed by atoms with van der Waals surface area (Å²) in [6, 6.07) is 0. The molecule has 12 heavy (non-hydrogen) atoms. The first-order chi connectivity index (χ1) is 5.76. The maximum Gasteiger partial charge on any atom is 0.0471 e. The number of hydrogen-bond acceptors (Lipinski definition) is 3. The largest absolute Gasteiger partial charge is 0.396 e. The molecule has 3 N–H and O–H groups in total. The second-order valence-corrected chi connectivity index (χ2v) is 3.94. The lowest BCUT2D eigenvalue weighted by Crippen LogP contribution is -2.30. The Kier molecular flexibility index (Phi) is 3.98. The van der Waals surface area contributed by atoms with Crippen LogP contribution in [0.25, 0.3) is 0 Å². The molecule has 0 aromatic carbocycles. The molecule has 3 heteroatoms. The van der Waals surface area contributed by atoms with Gasteiger partial charge in [-0.1, -0.05) is 6.92 Å². The van der Waals surface area contributed by atoms with E-state index in [2.05, 4.69) is 11.8 Å². The van der Waals surface area contributed by atoms with Crippen LogP contribution in [0.5, 0.6) is 0 Å². The second kappa shape index (κ2) is 4.80. The zero-order chi connectivity index (χ0) is 8.97. The normalized spacial score (nSPS) is 27.8. The van der Waals surface area contributed by atoms with E-state index < -0.39 is 0 Å². The minimum absolute atomic E-state index is 0.341. The van der Waals surface area contributed by atoms with Gasteiger partial charge < -0.3 is 15.7 Å². The third-order valence-electron chi connectivity index (χ3n) is 2.60. The predicted octanol–water partition coefficient (Wildman–Crippen LogP) is -0.105. The molecule has 1 saturated heterocycles. The first-order valence-corrected chi connectivity index (χ1v) is 4.79. The molecule has 0 bridgehead atoms. The summed E-state index contributed by atoms with van der Waals surface area (Å²) < 4.78 is 0. The topological polar surface area (TPSA) is 49.5 Å². The molecule has 2 unspecified atom stereocenters. The van der Waals surface area contributed by atoms with E-state index in [9.17, 15) is 0 Å². The molecule has 0 aromatic rings. The van der Waals surface area contributed by atoms with Crippen molar-refractivity contribution >= 4 is 0 Å². The van der Waals surface area contributed by atoms with Crippen LogP contribution in [0.4, 0.5) is 0 Å². The van der Waals surface area contributed by atoms with Gasteiger partial charge in [-0.25, -0.2) is 0 Å². The summed E-state index contributed by atoms with van der Waals surface area (Å²) in [5, 5.41) is 8.92. The third-order valence-corrected chi connectivity index (χ3v) is 2.60. The van der Waals surface area contributed by atoms with E-state index in [4.69, 9.17) is 10.8 Å². The predicted molar refractivity (Wildman–Crippen MR) is 49.9 cm³/mol. The zero-order valence-electron chi connectivity index (χ0n) is 7.87. The van der Waals surface area contributed by atoms with E-state index in [-0.39, 0.29) is 0 Å². The number of nitrogens with zero attached hydrogens (tertiary/aromatic N) is 1. The van der Waals surface area contributed by atoms with Crippen molar-refractivity contribution in [1.82, 2.24) is 4.90 Å². The molecule has 1 aliphatic rings. The van der Waals surface area contributed by atoms with Crippen LogP contribution in [-0.4, -0.2) is 42.8 Å². The molecule has 0 spiro atoms. The lowest BCUT2D eigenvalue weighted by Gasteiger charge is -2.19. The highest BCUT2D eigenvalue weighted by atomic mass is 16.3. The minimum atomic E-state index is 0.341. The smallest absolute Gasteiger partial charge is 0.0471 e. The summed E-state index contributed by atoms with van der Waals surface area (Å²) in [6.07, 6.45) is 1.15. The average molecular weight is 172 g/mol. The van der Waals surface area contributed by atoms with Gasteiger partial charge in [0, 0.05) is 19.7 Å². The van der Waals surface area contributed by atoms with Crippen molar-refractivity contribution in [3.63, 3.8) is 0 Å². The fraction of sp³-hybridized carbons (Fsp3) is 1.00. The Hall–Kier alpha value is -0.120. The van der Waals surface area contributed by atoms with Gasteiger partial charge in [0.2, 0.25) is 0 Å². The molecule has 1 heterocycles. The quantitative estimate of drug-likeness (QED) is 0.622. The van der Waals surface area contributed by atoms with Crippen LogP contribution in [0.1, 0.15) is 13.3 Å². The van der Waals surface area contributed by atoms with Crippen molar-refractivity contribution in [3.8, 4) is 0 Å². The van der Waals surface area contributed by atoms with Gasteiger partial charge in [0.05, 0.1) is 0 Å². The van der Waals surface area contributed by atoms with Crippen molar-refractivity contribution < 1.29 is 5.11 Å². The van der Waals surface area contributed by atoms with E-state index in [1.165, 1.54) is 0 Å². The van der Waals surface area contributed by atoms with E-state index in [0.29, 0.717) is 18.4 Å². The molecule has 0 saturated carbocycles. The maximum atomic E-state index is 8.92. The number of aliphatic hydroxyl groups is 1. The van der Waals surface area contributed by atoms with Crippen LogP contribution in [0.15, 0.2) is 0 Å². The number of nitrogens with two attached hydrogens (primary N) is 1. The lowest BCUT2D eigenvalue weighted by molar-refractivity contribution is 0.215. The summed E-state index contributed by atoms with van der Waals surface area (Å²) in [5.41, 5.74) is 5.54. The van der Waals surface area contributed by atoms with Crippen LogP contribution in [-0.2, 0) is 0 Å². The number of likely N-dealkylation sites (tertiary alicyclic amines) is 1. The van der Waals surface area contributed by atoms with Crippen molar-refractivity contribution in [2.24, 2.45) is 17.6 Å². The van der Waals surface area contributed by atoms with Crippen LogP contribution in [0.3, 0.4) is 0 Å². The highest BCUT2D eigenvalue weighted by Gasteiger charge is 2.22. The average Bonchev–Trinajstić information content (AvgIpc) is 2.52. The summed E-state index contributed by atoms with van der Waals surface area (Å²) >= 11 is 0. The third kappa shape index (κ3) is 2.73. The summed E-state index contributed by atoms with van der Waals surface area (Å²) in [5.74, 6) is 1.09. The SMILES string of the molecule is CC(CN)CN1CCC(CO)C1. The Bertz CT molecular complexity index is 130. The van der Waals surface area contributed by atoms with Gasteiger partial charge in [-0.05, 0) is 31.3 Å². The Morgan fingerprint density at radius 3 is 2.92 bits per heavy atom. The molecule has 0 aromatic heterocycles. The molecule has 3 nitrogen and oxygen atoms in total. The second-order valence-electron chi connectivity index (χ2n) is 3.94. The van der Waals surface area contributed by atoms with Gasteiger partial charge in [0.25, 0.3) is 0 Å². The lowest BCUT2D eigenvalue weighted by atomic mass is 10.1. The summed E-state index contributed by atoms with van der Waals surface area (Å²) in [6.45, 7) is 6.56. The molecule has 1 aliphatic heterocycles. The Balaban J connectivity index is 2.18. The molecule has 1 rings (SSSR count). The van der Waals surface area contributed by atoms with Gasteiger partial charge in [-0.15, -0.1) is 0 Å². The molecular formula is C9H20N2O. The van der Waals surface area contributed by atoms with Gasteiger partial charge in [0.1, 0.15) is 0 Å². The maximum absolute atomic E-state index is 8.92. The Labute approximate surface area is 74.5 Å². The van der Waals surface area contributed by atoms with Gasteiger partial charge in [0.15, 0.2) is 0 Å². The molecule has 1 fully saturated rings. The number of hydrogen-bond donors (Lipinski definition) is 2. The first-order valence-electron chi connectivity index (χ1n) is 4.79. The number of rotatable bonds is 4. The van der Waals surface area contributed by atoms with Gasteiger partial charge in [-0.3, -0.25) is 0 Å². The summed E-state index contributed by atoms with van der Waals surface area (Å²) in [7, 11) is 0. The Morgan fingerprint density at radius 2 is 2.42 bits per heavy atom. The van der Waals surface area contributed by atoms with Crippen molar-refractivity contribution in [2.75, 3.05) is 32.8 Å². The van der Waals surface area contributed by atoms with Crippen LogP contribution < -0.4 is 5.73 Å². The van der Waals surface area contributed by atoms with E-state index in [1.807, 2.05) is 0 Å². The Morgan fingerprint density at radius 1 is 1.67 bits per heavy atom. The van der Waals surface area contributed by atoms with Crippen molar-refractivity contribution in [2.45, 2.75) is 13.3 Å². The highest BCUT2D eigenvalue weighted by molar-refractivity contribution is 4.76. The number of aliphatic hydroxyl groups excluding tert-OH is 1. The molecule has 2 atom stereocenters. The molecular weight excluding hydrogens is 152 g/mol. The van der Waals surface area contributed by atoms with E-state index >= 15 is 0 Å². The first kappa shape index (κ1) is 9.96. The van der Waals surface area contributed by atoms with Crippen LogP contribution >= 0.6 is 0 Å². The van der Waals surface area contributed by atoms with Gasteiger partial charge in [-0.2, -0.15) is 0 Å². The van der Waals surface area contributed by atoms with Crippen molar-refractivity contribution in [1.29, 1.82) is 0 Å². The van der Waals surface area contributed by atoms with E-state index in [1.54, 1.807) is 0 Å². The fourth-order valence-electron chi connectivity index (χ4n) is 1.74. The van der Waals surface area contributed by atoms with Crippen LogP contribution in [0, 0.1) is 11.8 Å². The molecule has 0 amide bonds. The van der Waals surface area contributed by atoms with Gasteiger partial charge >= 0.3 is 0 Å². The fourth-order valence-corrected chi connectivity index (χ4v) is 1.74. The van der Waals surface area contributed by atoms with E-state index in [0.717, 1.165) is 32.6 Å². The monoisotopic (exact) mass is 172 g/mol. The van der Waals surface area contributed by atoms with Crippen LogP contribution in [0.2, 0.25) is 0 Å². The zero-order valence-corrected chi connectivity index (χ0v) is 7.87. The summed E-state index contributed by atoms with van der Waals surface area (Å²) in [4.78, 5) is 2.40. The standard InChI is InChI=1S/C9H20N2O/c1-8(4-10)5-11-3-2-9(6-11)7-12/h8-9,12H,2-7,10H2,1H3. The molecule has 72 valence electrons. The molecule has 0 radical (unpaired) electrons. The molecule has 0 aliphatic carbocycles. The minimum Gasteiger partial charge on any atom is -0.396 e.